The molecule has 4 rings (SSSR count). The lowest BCUT2D eigenvalue weighted by Crippen LogP contribution is -2.67. The van der Waals surface area contributed by atoms with Crippen molar-refractivity contribution >= 4 is 42.1 Å². The minimum atomic E-state index is -2.87. The van der Waals surface area contributed by atoms with Crippen molar-refractivity contribution < 1.29 is 28.5 Å². The molecule has 0 spiro atoms. The molecule has 6 nitrogen and oxygen atoms in total. The third kappa shape index (κ3) is 5.37. The summed E-state index contributed by atoms with van der Waals surface area (Å²) in [4.78, 5) is 12.6. The monoisotopic (exact) mass is 522 g/mol. The first-order chi connectivity index (χ1) is 17.2. The molecule has 1 fully saturated rings. The predicted molar refractivity (Wildman–Crippen MR) is 144 cm³/mol. The van der Waals surface area contributed by atoms with Crippen LogP contribution in [-0.2, 0) is 18.7 Å². The van der Waals surface area contributed by atoms with Crippen LogP contribution in [0.25, 0.3) is 0 Å². The molecule has 1 aliphatic rings. The van der Waals surface area contributed by atoms with Gasteiger partial charge in [0.05, 0.1) is 6.61 Å². The van der Waals surface area contributed by atoms with Crippen LogP contribution in [0.4, 0.5) is 0 Å². The molecule has 0 aromatic heterocycles. The van der Waals surface area contributed by atoms with Gasteiger partial charge in [-0.3, -0.25) is 0 Å². The van der Waals surface area contributed by atoms with E-state index in [1.807, 2.05) is 42.5 Å². The summed E-state index contributed by atoms with van der Waals surface area (Å²) in [5, 5.41) is 12.6. The van der Waals surface area contributed by atoms with Crippen LogP contribution in [0.2, 0.25) is 5.04 Å². The SMILES string of the molecule is CC(C)(C)[Si](OC[C@@H]1OC(=O)[C@H](OC(=S)Oc2ccccc2)[C@H]1O)(c1ccccc1)c1ccccc1. The Bertz CT molecular complexity index is 1130. The second kappa shape index (κ2) is 10.9. The van der Waals surface area contributed by atoms with E-state index >= 15 is 0 Å². The van der Waals surface area contributed by atoms with Crippen molar-refractivity contribution in [3.8, 4) is 5.75 Å². The van der Waals surface area contributed by atoms with Crippen molar-refractivity contribution in [1.82, 2.24) is 0 Å². The van der Waals surface area contributed by atoms with Crippen LogP contribution < -0.4 is 15.1 Å². The Morgan fingerprint density at radius 1 is 0.917 bits per heavy atom. The number of aliphatic hydroxyl groups is 1. The normalized spacial score (nSPS) is 20.0. The quantitative estimate of drug-likeness (QED) is 0.289. The van der Waals surface area contributed by atoms with E-state index in [1.165, 1.54) is 0 Å². The highest BCUT2D eigenvalue weighted by atomic mass is 32.1. The summed E-state index contributed by atoms with van der Waals surface area (Å²) >= 11 is 5.13. The van der Waals surface area contributed by atoms with Crippen molar-refractivity contribution in [2.45, 2.75) is 44.1 Å². The van der Waals surface area contributed by atoms with Crippen LogP contribution in [0.3, 0.4) is 0 Å². The summed E-state index contributed by atoms with van der Waals surface area (Å²) in [5.41, 5.74) is 0. The zero-order chi connectivity index (χ0) is 25.8. The van der Waals surface area contributed by atoms with Crippen LogP contribution in [0, 0.1) is 0 Å². The fraction of sp³-hybridized carbons (Fsp3) is 0.286. The molecule has 0 aliphatic carbocycles. The van der Waals surface area contributed by atoms with Crippen LogP contribution in [0.15, 0.2) is 91.0 Å². The number of aliphatic hydroxyl groups excluding tert-OH is 1. The average Bonchev–Trinajstić information content (AvgIpc) is 3.13. The van der Waals surface area contributed by atoms with E-state index in [-0.39, 0.29) is 16.9 Å². The molecule has 1 saturated heterocycles. The minimum Gasteiger partial charge on any atom is -0.454 e. The van der Waals surface area contributed by atoms with Gasteiger partial charge in [0.2, 0.25) is 6.10 Å². The van der Waals surface area contributed by atoms with E-state index in [2.05, 4.69) is 45.0 Å². The van der Waals surface area contributed by atoms with Gasteiger partial charge in [0.1, 0.15) is 11.9 Å². The lowest BCUT2D eigenvalue weighted by molar-refractivity contribution is -0.147. The van der Waals surface area contributed by atoms with Crippen molar-refractivity contribution in [3.63, 3.8) is 0 Å². The van der Waals surface area contributed by atoms with Crippen LogP contribution in [0.5, 0.6) is 5.75 Å². The van der Waals surface area contributed by atoms with Gasteiger partial charge >= 0.3 is 11.2 Å². The second-order valence-corrected chi connectivity index (χ2v) is 14.3. The standard InChI is InChI=1S/C28H30O6SSi/c1-28(2,3)36(21-15-9-5-10-16-21,22-17-11-6-12-18-22)31-19-23-24(29)25(26(30)33-23)34-27(35)32-20-13-7-4-8-14-20/h4-18,23-25,29H,19H2,1-3H3/t23-,24-,25+/m0/s1. The van der Waals surface area contributed by atoms with Crippen molar-refractivity contribution in [3.05, 3.63) is 91.0 Å². The maximum absolute atomic E-state index is 12.6. The Balaban J connectivity index is 1.54. The Morgan fingerprint density at radius 2 is 1.42 bits per heavy atom. The van der Waals surface area contributed by atoms with Gasteiger partial charge < -0.3 is 23.7 Å². The molecule has 0 unspecified atom stereocenters. The van der Waals surface area contributed by atoms with Gasteiger partial charge in [0.25, 0.3) is 8.32 Å². The third-order valence-corrected chi connectivity index (χ3v) is 11.4. The fourth-order valence-electron chi connectivity index (χ4n) is 4.55. The Morgan fingerprint density at radius 3 is 1.92 bits per heavy atom. The van der Waals surface area contributed by atoms with Crippen molar-refractivity contribution in [2.24, 2.45) is 0 Å². The first kappa shape index (κ1) is 26.0. The van der Waals surface area contributed by atoms with Gasteiger partial charge in [-0.2, -0.15) is 0 Å². The van der Waals surface area contributed by atoms with Crippen LogP contribution >= 0.6 is 12.2 Å². The van der Waals surface area contributed by atoms with Gasteiger partial charge in [-0.25, -0.2) is 4.79 Å². The minimum absolute atomic E-state index is 0.00630. The van der Waals surface area contributed by atoms with E-state index in [0.717, 1.165) is 10.4 Å². The highest BCUT2D eigenvalue weighted by molar-refractivity contribution is 7.79. The Labute approximate surface area is 217 Å². The number of ether oxygens (including phenoxy) is 3. The maximum atomic E-state index is 12.6. The zero-order valence-electron chi connectivity index (χ0n) is 20.5. The largest absolute Gasteiger partial charge is 0.454 e. The van der Waals surface area contributed by atoms with E-state index in [1.54, 1.807) is 24.3 Å². The number of hydrogen-bond donors (Lipinski definition) is 1. The van der Waals surface area contributed by atoms with Crippen LogP contribution in [0.1, 0.15) is 20.8 Å². The second-order valence-electron chi connectivity index (χ2n) is 9.64. The molecule has 36 heavy (non-hydrogen) atoms. The molecule has 1 heterocycles. The average molecular weight is 523 g/mol. The molecule has 3 atom stereocenters. The number of benzene rings is 3. The molecular weight excluding hydrogens is 492 g/mol. The number of cyclic esters (lactones) is 1. The maximum Gasteiger partial charge on any atom is 0.358 e. The van der Waals surface area contributed by atoms with E-state index in [0.29, 0.717) is 5.75 Å². The summed E-state index contributed by atoms with van der Waals surface area (Å²) in [6.45, 7) is 6.47. The topological polar surface area (TPSA) is 74.2 Å². The molecule has 0 bridgehead atoms. The van der Waals surface area contributed by atoms with Crippen molar-refractivity contribution in [2.75, 3.05) is 6.61 Å². The third-order valence-electron chi connectivity index (χ3n) is 6.24. The van der Waals surface area contributed by atoms with Gasteiger partial charge in [-0.15, -0.1) is 0 Å². The molecule has 3 aromatic carbocycles. The molecule has 1 aliphatic heterocycles. The first-order valence-corrected chi connectivity index (χ1v) is 14.1. The number of esters is 1. The molecule has 1 N–H and O–H groups in total. The van der Waals surface area contributed by atoms with Gasteiger partial charge in [-0.05, 0) is 27.5 Å². The summed E-state index contributed by atoms with van der Waals surface area (Å²) in [6.07, 6.45) is -3.48. The van der Waals surface area contributed by atoms with Gasteiger partial charge in [0, 0.05) is 12.2 Å². The molecule has 8 heteroatoms. The Kier molecular flexibility index (Phi) is 7.90. The molecule has 0 saturated carbocycles. The van der Waals surface area contributed by atoms with Crippen LogP contribution in [-0.4, -0.2) is 49.5 Å². The fourth-order valence-corrected chi connectivity index (χ4v) is 9.32. The van der Waals surface area contributed by atoms with E-state index < -0.39 is 32.6 Å². The molecular formula is C28H30O6SSi. The van der Waals surface area contributed by atoms with Crippen molar-refractivity contribution in [1.29, 1.82) is 0 Å². The van der Waals surface area contributed by atoms with E-state index in [4.69, 9.17) is 30.9 Å². The summed E-state index contributed by atoms with van der Waals surface area (Å²) < 4.78 is 23.2. The summed E-state index contributed by atoms with van der Waals surface area (Å²) in [6, 6.07) is 29.1. The molecule has 3 aromatic rings. The number of rotatable bonds is 7. The highest BCUT2D eigenvalue weighted by Crippen LogP contribution is 2.37. The number of hydrogen-bond acceptors (Lipinski definition) is 7. The van der Waals surface area contributed by atoms with Gasteiger partial charge in [-0.1, -0.05) is 99.6 Å². The summed E-state index contributed by atoms with van der Waals surface area (Å²) in [5.74, 6) is -0.243. The smallest absolute Gasteiger partial charge is 0.358 e. The lowest BCUT2D eigenvalue weighted by atomic mass is 10.1. The Hall–Kier alpha value is -3.04. The summed E-state index contributed by atoms with van der Waals surface area (Å²) in [7, 11) is -2.87. The number of carbonyl (C=O) groups excluding carboxylic acids is 1. The van der Waals surface area contributed by atoms with Gasteiger partial charge in [0.15, 0.2) is 6.10 Å². The number of carbonyl (C=O) groups is 1. The first-order valence-electron chi connectivity index (χ1n) is 11.8. The highest BCUT2D eigenvalue weighted by Gasteiger charge is 2.53. The molecule has 0 radical (unpaired) electrons. The molecule has 188 valence electrons. The zero-order valence-corrected chi connectivity index (χ0v) is 22.3. The molecule has 0 amide bonds. The lowest BCUT2D eigenvalue weighted by Gasteiger charge is -2.43. The number of para-hydroxylation sites is 1. The number of thiocarbonyl (C=S) groups is 1. The predicted octanol–water partition coefficient (Wildman–Crippen LogP) is 3.60. The van der Waals surface area contributed by atoms with E-state index in [9.17, 15) is 9.90 Å².